The largest absolute Gasteiger partial charge is 0.463 e. The molecule has 0 spiro atoms. The predicted molar refractivity (Wildman–Crippen MR) is 83.4 cm³/mol. The maximum Gasteiger partial charge on any atom is 0.226 e. The van der Waals surface area contributed by atoms with Gasteiger partial charge in [-0.05, 0) is 50.4 Å². The van der Waals surface area contributed by atoms with Crippen LogP contribution in [-0.4, -0.2) is 41.5 Å². The fourth-order valence-corrected chi connectivity index (χ4v) is 3.75. The summed E-state index contributed by atoms with van der Waals surface area (Å²) in [5.74, 6) is 0.854. The van der Waals surface area contributed by atoms with Gasteiger partial charge in [0, 0.05) is 18.0 Å². The third-order valence-electron chi connectivity index (χ3n) is 4.91. The van der Waals surface area contributed by atoms with E-state index in [1.807, 2.05) is 12.1 Å². The van der Waals surface area contributed by atoms with E-state index >= 15 is 0 Å². The standard InChI is InChI=1S/C17H21N3O2/c21-17(9-14-8-13-3-6-22-16(13)10-18-14)19-15-7-12-1-4-20(11-15)5-2-12/h3,6,8,10,12,15H,1-2,4-5,7,9,11H2,(H,19,21). The van der Waals surface area contributed by atoms with E-state index in [4.69, 9.17) is 4.42 Å². The van der Waals surface area contributed by atoms with E-state index in [0.717, 1.165) is 35.5 Å². The molecule has 2 aromatic heterocycles. The third kappa shape index (κ3) is 2.86. The summed E-state index contributed by atoms with van der Waals surface area (Å²) in [5.41, 5.74) is 1.56. The third-order valence-corrected chi connectivity index (χ3v) is 4.91. The fourth-order valence-electron chi connectivity index (χ4n) is 3.75. The van der Waals surface area contributed by atoms with Gasteiger partial charge in [-0.25, -0.2) is 0 Å². The molecule has 0 aromatic carbocycles. The van der Waals surface area contributed by atoms with E-state index in [0.29, 0.717) is 12.5 Å². The van der Waals surface area contributed by atoms with Gasteiger partial charge in [-0.15, -0.1) is 0 Å². The van der Waals surface area contributed by atoms with Crippen molar-refractivity contribution in [1.82, 2.24) is 15.2 Å². The Morgan fingerprint density at radius 1 is 1.41 bits per heavy atom. The van der Waals surface area contributed by atoms with Crippen molar-refractivity contribution in [1.29, 1.82) is 0 Å². The molecular weight excluding hydrogens is 278 g/mol. The molecule has 3 fully saturated rings. The highest BCUT2D eigenvalue weighted by Gasteiger charge is 2.29. The van der Waals surface area contributed by atoms with E-state index in [1.54, 1.807) is 12.5 Å². The van der Waals surface area contributed by atoms with Gasteiger partial charge in [0.15, 0.2) is 5.58 Å². The van der Waals surface area contributed by atoms with Crippen LogP contribution in [-0.2, 0) is 11.2 Å². The summed E-state index contributed by atoms with van der Waals surface area (Å²) >= 11 is 0. The topological polar surface area (TPSA) is 58.4 Å². The Balaban J connectivity index is 1.39. The molecule has 1 unspecified atom stereocenters. The number of furan rings is 1. The first kappa shape index (κ1) is 13.8. The number of piperidine rings is 1. The molecule has 3 aliphatic heterocycles. The van der Waals surface area contributed by atoms with Crippen LogP contribution in [0.4, 0.5) is 0 Å². The Kier molecular flexibility index (Phi) is 3.58. The summed E-state index contributed by atoms with van der Waals surface area (Å²) in [7, 11) is 0. The van der Waals surface area contributed by atoms with Crippen molar-refractivity contribution in [2.45, 2.75) is 31.7 Å². The Labute approximate surface area is 129 Å². The molecule has 22 heavy (non-hydrogen) atoms. The number of carbonyl (C=O) groups is 1. The maximum absolute atomic E-state index is 12.3. The smallest absolute Gasteiger partial charge is 0.226 e. The van der Waals surface area contributed by atoms with Crippen molar-refractivity contribution in [3.63, 3.8) is 0 Å². The van der Waals surface area contributed by atoms with Gasteiger partial charge in [0.1, 0.15) is 0 Å². The monoisotopic (exact) mass is 299 g/mol. The number of rotatable bonds is 3. The average molecular weight is 299 g/mol. The molecule has 5 rings (SSSR count). The van der Waals surface area contributed by atoms with Crippen LogP contribution in [0.3, 0.4) is 0 Å². The van der Waals surface area contributed by atoms with Gasteiger partial charge in [0.2, 0.25) is 5.91 Å². The molecule has 116 valence electrons. The summed E-state index contributed by atoms with van der Waals surface area (Å²) in [4.78, 5) is 19.1. The van der Waals surface area contributed by atoms with Gasteiger partial charge in [-0.1, -0.05) is 0 Å². The minimum absolute atomic E-state index is 0.0721. The number of pyridine rings is 1. The molecule has 5 heterocycles. The van der Waals surface area contributed by atoms with E-state index < -0.39 is 0 Å². The second-order valence-electron chi connectivity index (χ2n) is 6.55. The molecule has 3 aliphatic rings. The highest BCUT2D eigenvalue weighted by molar-refractivity contribution is 5.81. The number of amides is 1. The SMILES string of the molecule is O=C(Cc1cc2ccoc2cn1)NC1CC2CCN(CC2)C1. The van der Waals surface area contributed by atoms with E-state index in [-0.39, 0.29) is 5.91 Å². The van der Waals surface area contributed by atoms with Gasteiger partial charge in [-0.2, -0.15) is 0 Å². The lowest BCUT2D eigenvalue weighted by molar-refractivity contribution is -0.121. The Hall–Kier alpha value is -1.88. The summed E-state index contributed by atoms with van der Waals surface area (Å²) in [6, 6.07) is 4.12. The van der Waals surface area contributed by atoms with Crippen LogP contribution in [0, 0.1) is 5.92 Å². The van der Waals surface area contributed by atoms with Crippen molar-refractivity contribution >= 4 is 16.9 Å². The van der Waals surface area contributed by atoms with Crippen molar-refractivity contribution in [3.05, 3.63) is 30.3 Å². The van der Waals surface area contributed by atoms with Gasteiger partial charge >= 0.3 is 0 Å². The van der Waals surface area contributed by atoms with E-state index in [9.17, 15) is 4.79 Å². The van der Waals surface area contributed by atoms with Crippen LogP contribution in [0.2, 0.25) is 0 Å². The van der Waals surface area contributed by atoms with Gasteiger partial charge in [0.25, 0.3) is 0 Å². The van der Waals surface area contributed by atoms with Crippen molar-refractivity contribution < 1.29 is 9.21 Å². The molecule has 2 bridgehead atoms. The zero-order chi connectivity index (χ0) is 14.9. The zero-order valence-electron chi connectivity index (χ0n) is 12.6. The summed E-state index contributed by atoms with van der Waals surface area (Å²) in [6.07, 6.45) is 7.36. The highest BCUT2D eigenvalue weighted by Crippen LogP contribution is 2.26. The van der Waals surface area contributed by atoms with Crippen LogP contribution in [0.25, 0.3) is 11.0 Å². The normalized spacial score (nSPS) is 27.7. The van der Waals surface area contributed by atoms with Gasteiger partial charge in [-0.3, -0.25) is 9.78 Å². The van der Waals surface area contributed by atoms with Crippen LogP contribution in [0.15, 0.2) is 29.0 Å². The zero-order valence-corrected chi connectivity index (χ0v) is 12.6. The van der Waals surface area contributed by atoms with Crippen LogP contribution in [0.5, 0.6) is 0 Å². The van der Waals surface area contributed by atoms with E-state index in [2.05, 4.69) is 15.2 Å². The number of nitrogens with one attached hydrogen (secondary N) is 1. The second-order valence-corrected chi connectivity index (χ2v) is 6.55. The summed E-state index contributed by atoms with van der Waals surface area (Å²) in [5, 5.41) is 4.20. The number of fused-ring (bicyclic) bond motifs is 5. The number of nitrogens with zero attached hydrogens (tertiary/aromatic N) is 2. The van der Waals surface area contributed by atoms with Crippen LogP contribution >= 0.6 is 0 Å². The Morgan fingerprint density at radius 2 is 2.27 bits per heavy atom. The maximum atomic E-state index is 12.3. The quantitative estimate of drug-likeness (QED) is 0.941. The van der Waals surface area contributed by atoms with Crippen molar-refractivity contribution in [2.75, 3.05) is 19.6 Å². The highest BCUT2D eigenvalue weighted by atomic mass is 16.3. The number of hydrogen-bond acceptors (Lipinski definition) is 4. The molecule has 1 atom stereocenters. The molecule has 0 saturated carbocycles. The summed E-state index contributed by atoms with van der Waals surface area (Å²) < 4.78 is 5.28. The average Bonchev–Trinajstić information content (AvgIpc) is 2.78. The molecule has 5 nitrogen and oxygen atoms in total. The lowest BCUT2D eigenvalue weighted by atomic mass is 9.94. The van der Waals surface area contributed by atoms with Gasteiger partial charge < -0.3 is 14.6 Å². The van der Waals surface area contributed by atoms with Crippen LogP contribution in [0.1, 0.15) is 25.0 Å². The number of aromatic nitrogens is 1. The van der Waals surface area contributed by atoms with Crippen molar-refractivity contribution in [2.24, 2.45) is 5.92 Å². The molecule has 2 aromatic rings. The Bertz CT molecular complexity index is 659. The van der Waals surface area contributed by atoms with Crippen LogP contribution < -0.4 is 5.32 Å². The van der Waals surface area contributed by atoms with E-state index in [1.165, 1.54) is 25.9 Å². The van der Waals surface area contributed by atoms with Crippen molar-refractivity contribution in [3.8, 4) is 0 Å². The number of carbonyl (C=O) groups excluding carboxylic acids is 1. The molecule has 1 N–H and O–H groups in total. The molecular formula is C17H21N3O2. The Morgan fingerprint density at radius 3 is 3.14 bits per heavy atom. The first-order valence-electron chi connectivity index (χ1n) is 8.10. The van der Waals surface area contributed by atoms with Gasteiger partial charge in [0.05, 0.1) is 24.6 Å². The lowest BCUT2D eigenvalue weighted by Gasteiger charge is -2.26. The fraction of sp³-hybridized carbons (Fsp3) is 0.529. The second kappa shape index (κ2) is 5.72. The molecule has 3 saturated heterocycles. The molecule has 0 aliphatic carbocycles. The molecule has 1 amide bonds. The summed E-state index contributed by atoms with van der Waals surface area (Å²) in [6.45, 7) is 3.38. The number of hydrogen-bond donors (Lipinski definition) is 1. The minimum atomic E-state index is 0.0721. The first-order chi connectivity index (χ1) is 10.8. The minimum Gasteiger partial charge on any atom is -0.463 e. The first-order valence-corrected chi connectivity index (χ1v) is 8.10. The molecule has 5 heteroatoms. The molecule has 0 radical (unpaired) electrons. The lowest BCUT2D eigenvalue weighted by Crippen LogP contribution is -2.42. The predicted octanol–water partition coefficient (Wildman–Crippen LogP) is 1.97.